The van der Waals surface area contributed by atoms with Gasteiger partial charge in [0.25, 0.3) is 0 Å². The third-order valence-corrected chi connectivity index (χ3v) is 2.61. The summed E-state index contributed by atoms with van der Waals surface area (Å²) in [5.41, 5.74) is -1.59. The van der Waals surface area contributed by atoms with Crippen molar-refractivity contribution in [2.24, 2.45) is 5.92 Å². The van der Waals surface area contributed by atoms with E-state index in [2.05, 4.69) is 11.3 Å². The Bertz CT molecular complexity index is 333. The summed E-state index contributed by atoms with van der Waals surface area (Å²) in [6.07, 6.45) is 0. The van der Waals surface area contributed by atoms with Gasteiger partial charge in [-0.15, -0.1) is 0 Å². The average Bonchev–Trinajstić information content (AvgIpc) is 1.96. The second-order valence-corrected chi connectivity index (χ2v) is 4.74. The molecule has 15 heavy (non-hydrogen) atoms. The predicted molar refractivity (Wildman–Crippen MR) is 49.2 cm³/mol. The topological polar surface area (TPSA) is 83.5 Å². The summed E-state index contributed by atoms with van der Waals surface area (Å²) in [4.78, 5) is 11.0. The smallest absolute Gasteiger partial charge is 0.745 e. The summed E-state index contributed by atoms with van der Waals surface area (Å²) in [7, 11) is -4.63. The van der Waals surface area contributed by atoms with Crippen molar-refractivity contribution in [3.05, 3.63) is 12.2 Å². The largest absolute Gasteiger partial charge is 1.00 e. The van der Waals surface area contributed by atoms with Crippen molar-refractivity contribution in [3.63, 3.8) is 0 Å². The molecule has 0 rings (SSSR count). The molecule has 0 radical (unpaired) electrons. The van der Waals surface area contributed by atoms with Gasteiger partial charge in [0.1, 0.15) is 10.1 Å². The van der Waals surface area contributed by atoms with Gasteiger partial charge in [-0.25, -0.2) is 13.2 Å². The first-order chi connectivity index (χ1) is 6.16. The summed E-state index contributed by atoms with van der Waals surface area (Å²) in [5, 5.41) is 0. The first kappa shape index (κ1) is 17.5. The molecular weight excluding hydrogens is 231 g/mol. The number of carbonyl (C=O) groups is 1. The van der Waals surface area contributed by atoms with Crippen LogP contribution in [0.1, 0.15) is 20.8 Å². The minimum absolute atomic E-state index is 0. The second-order valence-electron chi connectivity index (χ2n) is 3.29. The van der Waals surface area contributed by atoms with Crippen LogP contribution in [0.25, 0.3) is 0 Å². The van der Waals surface area contributed by atoms with Gasteiger partial charge in [-0.1, -0.05) is 20.4 Å². The van der Waals surface area contributed by atoms with Gasteiger partial charge in [0, 0.05) is 11.5 Å². The Kier molecular flexibility index (Phi) is 7.76. The molecule has 7 heteroatoms. The van der Waals surface area contributed by atoms with E-state index in [0.29, 0.717) is 0 Å². The summed E-state index contributed by atoms with van der Waals surface area (Å²) >= 11 is 0. The normalized spacial score (nSPS) is 12.9. The molecular formula is C8H13NaO5S. The third-order valence-electron chi connectivity index (χ3n) is 1.40. The Hall–Kier alpha value is 0.120. The Morgan fingerprint density at radius 2 is 1.80 bits per heavy atom. The zero-order valence-electron chi connectivity index (χ0n) is 9.31. The van der Waals surface area contributed by atoms with Crippen LogP contribution < -0.4 is 29.6 Å². The van der Waals surface area contributed by atoms with E-state index in [1.54, 1.807) is 0 Å². The Balaban J connectivity index is 0. The molecule has 0 N–H and O–H groups in total. The van der Waals surface area contributed by atoms with Gasteiger partial charge in [0.2, 0.25) is 0 Å². The quantitative estimate of drug-likeness (QED) is 0.239. The van der Waals surface area contributed by atoms with Crippen LogP contribution in [0.4, 0.5) is 0 Å². The summed E-state index contributed by atoms with van der Waals surface area (Å²) in [6, 6.07) is 0. The van der Waals surface area contributed by atoms with Crippen molar-refractivity contribution in [3.8, 4) is 0 Å². The maximum atomic E-state index is 11.0. The number of rotatable bonds is 4. The number of carbonyl (C=O) groups excluding carboxylic acids is 1. The van der Waals surface area contributed by atoms with Crippen molar-refractivity contribution in [2.75, 3.05) is 0 Å². The molecule has 0 aliphatic rings. The monoisotopic (exact) mass is 244 g/mol. The van der Waals surface area contributed by atoms with E-state index >= 15 is 0 Å². The van der Waals surface area contributed by atoms with Gasteiger partial charge in [-0.3, -0.25) is 0 Å². The van der Waals surface area contributed by atoms with E-state index in [-0.39, 0.29) is 35.1 Å². The van der Waals surface area contributed by atoms with Gasteiger partial charge in [-0.05, 0) is 6.92 Å². The first-order valence-corrected chi connectivity index (χ1v) is 5.44. The number of hydrogen-bond donors (Lipinski definition) is 0. The van der Waals surface area contributed by atoms with E-state index in [9.17, 15) is 17.8 Å². The Morgan fingerprint density at radius 1 is 1.40 bits per heavy atom. The molecule has 0 heterocycles. The Labute approximate surface area is 112 Å². The second kappa shape index (κ2) is 6.65. The molecule has 0 fully saturated rings. The minimum Gasteiger partial charge on any atom is -0.745 e. The van der Waals surface area contributed by atoms with Gasteiger partial charge >= 0.3 is 35.5 Å². The van der Waals surface area contributed by atoms with Crippen molar-refractivity contribution in [2.45, 2.75) is 26.2 Å². The van der Waals surface area contributed by atoms with E-state index in [1.165, 1.54) is 20.8 Å². The molecule has 0 amide bonds. The van der Waals surface area contributed by atoms with Crippen molar-refractivity contribution in [1.29, 1.82) is 0 Å². The molecule has 0 aromatic heterocycles. The van der Waals surface area contributed by atoms with Crippen molar-refractivity contribution in [1.82, 2.24) is 0 Å². The van der Waals surface area contributed by atoms with Crippen LogP contribution in [0.15, 0.2) is 12.2 Å². The van der Waals surface area contributed by atoms with E-state index < -0.39 is 27.4 Å². The van der Waals surface area contributed by atoms with Crippen LogP contribution in [0.2, 0.25) is 0 Å². The van der Waals surface area contributed by atoms with Crippen molar-refractivity contribution >= 4 is 16.1 Å². The summed E-state index contributed by atoms with van der Waals surface area (Å²) in [5.74, 6) is -1.45. The summed E-state index contributed by atoms with van der Waals surface area (Å²) < 4.78 is 36.5. The Morgan fingerprint density at radius 3 is 2.00 bits per heavy atom. The number of ether oxygens (including phenoxy) is 1. The molecule has 1 atom stereocenters. The third kappa shape index (κ3) is 6.32. The van der Waals surface area contributed by atoms with Gasteiger partial charge in [0.15, 0.2) is 5.44 Å². The molecule has 0 bridgehead atoms. The fourth-order valence-electron chi connectivity index (χ4n) is 0.734. The molecule has 0 aromatic rings. The molecule has 82 valence electrons. The molecule has 0 aromatic carbocycles. The SMILES string of the molecule is C=C(C)C(=O)OC(C(C)C)S(=O)(=O)[O-].[Na+]. The van der Waals surface area contributed by atoms with E-state index in [4.69, 9.17) is 0 Å². The number of hydrogen-bond acceptors (Lipinski definition) is 5. The molecule has 5 nitrogen and oxygen atoms in total. The zero-order chi connectivity index (χ0) is 11.5. The fourth-order valence-corrected chi connectivity index (χ4v) is 1.61. The maximum absolute atomic E-state index is 11.0. The van der Waals surface area contributed by atoms with E-state index in [1.807, 2.05) is 0 Å². The molecule has 0 aliphatic carbocycles. The molecule has 0 saturated heterocycles. The van der Waals surface area contributed by atoms with Crippen LogP contribution in [0.3, 0.4) is 0 Å². The van der Waals surface area contributed by atoms with Gasteiger partial charge < -0.3 is 9.29 Å². The van der Waals surface area contributed by atoms with Crippen LogP contribution >= 0.6 is 0 Å². The fraction of sp³-hybridized carbons (Fsp3) is 0.625. The van der Waals surface area contributed by atoms with Crippen molar-refractivity contribution < 1.29 is 52.1 Å². The molecule has 1 unspecified atom stereocenters. The number of esters is 1. The standard InChI is InChI=1S/C8H14O5S.Na/c1-5(2)7(9)13-8(6(3)4)14(10,11)12;/h6,8H,1H2,2-4H3,(H,10,11,12);/q;+1/p-1. The molecule has 0 spiro atoms. The average molecular weight is 244 g/mol. The maximum Gasteiger partial charge on any atom is 1.00 e. The zero-order valence-corrected chi connectivity index (χ0v) is 12.1. The predicted octanol–water partition coefficient (Wildman–Crippen LogP) is -2.36. The van der Waals surface area contributed by atoms with Crippen LogP contribution in [-0.4, -0.2) is 24.4 Å². The van der Waals surface area contributed by atoms with Gasteiger partial charge in [0.05, 0.1) is 0 Å². The van der Waals surface area contributed by atoms with Crippen LogP contribution in [-0.2, 0) is 19.6 Å². The van der Waals surface area contributed by atoms with E-state index in [0.717, 1.165) is 0 Å². The minimum atomic E-state index is -4.63. The molecule has 0 saturated carbocycles. The van der Waals surface area contributed by atoms with Gasteiger partial charge in [-0.2, -0.15) is 0 Å². The summed E-state index contributed by atoms with van der Waals surface area (Å²) in [6.45, 7) is 7.61. The van der Waals surface area contributed by atoms with Crippen LogP contribution in [0.5, 0.6) is 0 Å². The molecule has 0 aliphatic heterocycles. The first-order valence-electron chi connectivity index (χ1n) is 3.97. The van der Waals surface area contributed by atoms with Crippen LogP contribution in [0, 0.1) is 5.92 Å².